The van der Waals surface area contributed by atoms with Crippen LogP contribution in [0.3, 0.4) is 0 Å². The van der Waals surface area contributed by atoms with Crippen molar-refractivity contribution in [2.45, 2.75) is 77.6 Å². The van der Waals surface area contributed by atoms with Gasteiger partial charge >= 0.3 is 0 Å². The van der Waals surface area contributed by atoms with Crippen LogP contribution in [0.25, 0.3) is 0 Å². The molecule has 0 aromatic heterocycles. The highest BCUT2D eigenvalue weighted by atomic mass is 28.3. The highest BCUT2D eigenvalue weighted by molar-refractivity contribution is 6.76. The Hall–Kier alpha value is -0.343. The molecule has 0 fully saturated rings. The van der Waals surface area contributed by atoms with Gasteiger partial charge in [-0.3, -0.25) is 0 Å². The van der Waals surface area contributed by atoms with Crippen molar-refractivity contribution in [1.82, 2.24) is 0 Å². The second-order valence-corrected chi connectivity index (χ2v) is 13.1. The van der Waals surface area contributed by atoms with Crippen molar-refractivity contribution < 1.29 is 14.6 Å². The quantitative estimate of drug-likeness (QED) is 0.283. The molecule has 0 spiro atoms. The number of ether oxygens (including phenoxy) is 2. The van der Waals surface area contributed by atoms with E-state index in [2.05, 4.69) is 45.3 Å². The number of aliphatic hydroxyl groups excluding tert-OH is 1. The van der Waals surface area contributed by atoms with Crippen LogP contribution < -0.4 is 0 Å². The van der Waals surface area contributed by atoms with Crippen molar-refractivity contribution in [1.29, 1.82) is 0 Å². The molecule has 0 aliphatic rings. The summed E-state index contributed by atoms with van der Waals surface area (Å²) in [6.45, 7) is 11.1. The van der Waals surface area contributed by atoms with Gasteiger partial charge in [-0.15, -0.1) is 5.92 Å². The van der Waals surface area contributed by atoms with Crippen LogP contribution in [0.1, 0.15) is 39.5 Å². The largest absolute Gasteiger partial charge is 0.392 e. The summed E-state index contributed by atoms with van der Waals surface area (Å²) < 4.78 is 10.4. The smallest absolute Gasteiger partial charge is 0.156 e. The molecule has 4 heteroatoms. The van der Waals surface area contributed by atoms with Gasteiger partial charge in [-0.25, -0.2) is 0 Å². The van der Waals surface area contributed by atoms with Crippen molar-refractivity contribution in [2.24, 2.45) is 11.8 Å². The maximum Gasteiger partial charge on any atom is 0.156 e. The molecule has 22 heavy (non-hydrogen) atoms. The van der Waals surface area contributed by atoms with Gasteiger partial charge in [0.05, 0.1) is 14.2 Å². The molecule has 0 aliphatic carbocycles. The van der Waals surface area contributed by atoms with Crippen molar-refractivity contribution in [3.05, 3.63) is 0 Å². The highest BCUT2D eigenvalue weighted by Gasteiger charge is 2.20. The summed E-state index contributed by atoms with van der Waals surface area (Å²) in [6.07, 6.45) is 3.45. The maximum absolute atomic E-state index is 10.4. The fraction of sp³-hybridized carbons (Fsp3) is 0.889. The molecule has 3 nitrogen and oxygen atoms in total. The van der Waals surface area contributed by atoms with Crippen LogP contribution in [-0.4, -0.2) is 39.8 Å². The minimum absolute atomic E-state index is 0.0832. The number of methoxy groups -OCH3 is 2. The summed E-state index contributed by atoms with van der Waals surface area (Å²) in [6, 6.07) is 1.00. The van der Waals surface area contributed by atoms with Crippen LogP contribution in [0.15, 0.2) is 0 Å². The first-order chi connectivity index (χ1) is 10.2. The van der Waals surface area contributed by atoms with E-state index in [1.807, 2.05) is 0 Å². The van der Waals surface area contributed by atoms with Crippen LogP contribution in [0.4, 0.5) is 0 Å². The van der Waals surface area contributed by atoms with E-state index in [0.29, 0.717) is 0 Å². The molecule has 0 bridgehead atoms. The van der Waals surface area contributed by atoms with Crippen LogP contribution in [0, 0.1) is 23.7 Å². The van der Waals surface area contributed by atoms with Gasteiger partial charge < -0.3 is 14.6 Å². The zero-order valence-corrected chi connectivity index (χ0v) is 16.6. The van der Waals surface area contributed by atoms with Crippen LogP contribution in [-0.2, 0) is 9.47 Å². The summed E-state index contributed by atoms with van der Waals surface area (Å²) in [7, 11) is 2.20. The summed E-state index contributed by atoms with van der Waals surface area (Å²) in [5.74, 6) is 7.01. The van der Waals surface area contributed by atoms with E-state index >= 15 is 0 Å². The molecule has 0 saturated carbocycles. The molecule has 0 unspecified atom stereocenters. The molecule has 0 aliphatic heterocycles. The Kier molecular flexibility index (Phi) is 11.1. The SMILES string of the molecule is COC(CCCC[C@@H](C#CC[Si](C)(C)C)[C@H](O)C(C)C)OC. The molecule has 130 valence electrons. The molecular weight excluding hydrogens is 292 g/mol. The second-order valence-electron chi connectivity index (χ2n) is 7.59. The Morgan fingerprint density at radius 1 is 1.00 bits per heavy atom. The third-order valence-electron chi connectivity index (χ3n) is 3.73. The first-order valence-corrected chi connectivity index (χ1v) is 12.1. The van der Waals surface area contributed by atoms with Crippen LogP contribution in [0.2, 0.25) is 25.7 Å². The number of aliphatic hydroxyl groups is 1. The summed E-state index contributed by atoms with van der Waals surface area (Å²) >= 11 is 0. The topological polar surface area (TPSA) is 38.7 Å². The molecule has 0 heterocycles. The molecular formula is C18H36O3Si. The standard InChI is InChI=1S/C18H36O3Si/c1-15(2)18(19)16(12-10-14-22(5,6)7)11-8-9-13-17(20-3)21-4/h15-19H,8-9,11,13-14H2,1-7H3/t16-,18+/m0/s1. The van der Waals surface area contributed by atoms with Gasteiger partial charge in [0.1, 0.15) is 0 Å². The average Bonchev–Trinajstić information content (AvgIpc) is 2.43. The Bertz CT molecular complexity index is 334. The van der Waals surface area contributed by atoms with Crippen molar-refractivity contribution in [3.63, 3.8) is 0 Å². The first-order valence-electron chi connectivity index (χ1n) is 8.43. The lowest BCUT2D eigenvalue weighted by Gasteiger charge is -2.22. The van der Waals surface area contributed by atoms with Crippen molar-refractivity contribution in [2.75, 3.05) is 14.2 Å². The van der Waals surface area contributed by atoms with E-state index < -0.39 is 8.07 Å². The van der Waals surface area contributed by atoms with E-state index in [4.69, 9.17) is 9.47 Å². The Morgan fingerprint density at radius 3 is 2.00 bits per heavy atom. The highest BCUT2D eigenvalue weighted by Crippen LogP contribution is 2.20. The summed E-state index contributed by atoms with van der Waals surface area (Å²) in [5.41, 5.74) is 0. The van der Waals surface area contributed by atoms with E-state index in [1.54, 1.807) is 14.2 Å². The molecule has 0 amide bonds. The van der Waals surface area contributed by atoms with Crippen LogP contribution >= 0.6 is 0 Å². The first kappa shape index (κ1) is 21.7. The average molecular weight is 329 g/mol. The molecule has 0 saturated heterocycles. The number of rotatable bonds is 10. The Morgan fingerprint density at radius 2 is 1.55 bits per heavy atom. The molecule has 0 radical (unpaired) electrons. The van der Waals surface area contributed by atoms with Crippen molar-refractivity contribution in [3.8, 4) is 11.8 Å². The molecule has 0 aromatic rings. The predicted molar refractivity (Wildman–Crippen MR) is 96.5 cm³/mol. The summed E-state index contributed by atoms with van der Waals surface area (Å²) in [4.78, 5) is 0. The van der Waals surface area contributed by atoms with Gasteiger partial charge in [0, 0.05) is 26.2 Å². The Labute approximate surface area is 138 Å². The Balaban J connectivity index is 4.43. The monoisotopic (exact) mass is 328 g/mol. The third-order valence-corrected chi connectivity index (χ3v) is 4.97. The molecule has 0 aromatic carbocycles. The van der Waals surface area contributed by atoms with E-state index in [-0.39, 0.29) is 24.2 Å². The van der Waals surface area contributed by atoms with Gasteiger partial charge in [-0.05, 0) is 25.2 Å². The lowest BCUT2D eigenvalue weighted by Crippen LogP contribution is -2.25. The predicted octanol–water partition coefficient (Wildman–Crippen LogP) is 4.14. The number of unbranched alkanes of at least 4 members (excludes halogenated alkanes) is 1. The number of hydrogen-bond acceptors (Lipinski definition) is 3. The summed E-state index contributed by atoms with van der Waals surface area (Å²) in [5, 5.41) is 10.4. The third kappa shape index (κ3) is 10.4. The minimum Gasteiger partial charge on any atom is -0.392 e. The van der Waals surface area contributed by atoms with Gasteiger partial charge in [0.2, 0.25) is 0 Å². The molecule has 0 rings (SSSR count). The van der Waals surface area contributed by atoms with E-state index in [1.165, 1.54) is 0 Å². The minimum atomic E-state index is -1.14. The van der Waals surface area contributed by atoms with Gasteiger partial charge in [-0.1, -0.05) is 45.8 Å². The molecule has 1 N–H and O–H groups in total. The zero-order chi connectivity index (χ0) is 17.2. The van der Waals surface area contributed by atoms with Gasteiger partial charge in [-0.2, -0.15) is 0 Å². The zero-order valence-electron chi connectivity index (χ0n) is 15.6. The van der Waals surface area contributed by atoms with E-state index in [9.17, 15) is 5.11 Å². The number of hydrogen-bond donors (Lipinski definition) is 1. The lowest BCUT2D eigenvalue weighted by molar-refractivity contribution is -0.107. The lowest BCUT2D eigenvalue weighted by atomic mass is 9.89. The van der Waals surface area contributed by atoms with Gasteiger partial charge in [0.15, 0.2) is 6.29 Å². The normalized spacial score (nSPS) is 14.8. The maximum atomic E-state index is 10.4. The molecule has 2 atom stereocenters. The fourth-order valence-corrected chi connectivity index (χ4v) is 2.88. The van der Waals surface area contributed by atoms with Gasteiger partial charge in [0.25, 0.3) is 0 Å². The van der Waals surface area contributed by atoms with E-state index in [0.717, 1.165) is 31.7 Å². The fourth-order valence-electron chi connectivity index (χ4n) is 2.25. The van der Waals surface area contributed by atoms with Crippen molar-refractivity contribution >= 4 is 8.07 Å². The van der Waals surface area contributed by atoms with Crippen LogP contribution in [0.5, 0.6) is 0 Å². The second kappa shape index (κ2) is 11.2.